The zero-order chi connectivity index (χ0) is 16.9. The van der Waals surface area contributed by atoms with E-state index < -0.39 is 10.1 Å². The van der Waals surface area contributed by atoms with Gasteiger partial charge in [0, 0.05) is 10.7 Å². The highest BCUT2D eigenvalue weighted by Crippen LogP contribution is 2.19. The Balaban J connectivity index is 2.12. The summed E-state index contributed by atoms with van der Waals surface area (Å²) >= 11 is 0. The summed E-state index contributed by atoms with van der Waals surface area (Å²) in [6.07, 6.45) is 1.55. The van der Waals surface area contributed by atoms with Gasteiger partial charge in [0.1, 0.15) is 10.6 Å². The quantitative estimate of drug-likeness (QED) is 0.293. The molecule has 0 unspecified atom stereocenters. The fourth-order valence-corrected chi connectivity index (χ4v) is 2.61. The summed E-state index contributed by atoms with van der Waals surface area (Å²) in [4.78, 5) is 0.105. The van der Waals surface area contributed by atoms with Crippen molar-refractivity contribution < 1.29 is 17.7 Å². The lowest BCUT2D eigenvalue weighted by Crippen LogP contribution is -2.63. The number of hydrogen-bond acceptors (Lipinski definition) is 4. The van der Waals surface area contributed by atoms with Gasteiger partial charge in [0.2, 0.25) is 6.21 Å². The van der Waals surface area contributed by atoms with Crippen molar-refractivity contribution in [3.05, 3.63) is 59.7 Å². The number of nitrogens with zero attached hydrogens (tertiary/aromatic N) is 1. The summed E-state index contributed by atoms with van der Waals surface area (Å²) in [5.41, 5.74) is 12.1. The highest BCUT2D eigenvalue weighted by molar-refractivity contribution is 7.87. The van der Waals surface area contributed by atoms with Gasteiger partial charge in [-0.05, 0) is 43.3 Å². The Labute approximate surface area is 134 Å². The van der Waals surface area contributed by atoms with Crippen molar-refractivity contribution in [3.8, 4) is 5.75 Å². The first-order valence-electron chi connectivity index (χ1n) is 6.65. The van der Waals surface area contributed by atoms with E-state index in [4.69, 9.17) is 15.7 Å². The zero-order valence-corrected chi connectivity index (χ0v) is 13.2. The van der Waals surface area contributed by atoms with E-state index in [9.17, 15) is 8.42 Å². The molecule has 8 heteroatoms. The fourth-order valence-electron chi connectivity index (χ4n) is 1.68. The molecular weight excluding hydrogens is 316 g/mol. The summed E-state index contributed by atoms with van der Waals surface area (Å²) in [5, 5.41) is 6.14. The van der Waals surface area contributed by atoms with Crippen LogP contribution in [-0.2, 0) is 10.1 Å². The largest absolute Gasteiger partial charge is 0.379 e. The van der Waals surface area contributed by atoms with E-state index >= 15 is 0 Å². The molecule has 0 radical (unpaired) electrons. The van der Waals surface area contributed by atoms with Gasteiger partial charge in [-0.15, -0.1) is 5.10 Å². The number of rotatable bonds is 5. The first kappa shape index (κ1) is 16.5. The second-order valence-electron chi connectivity index (χ2n) is 4.73. The molecule has 23 heavy (non-hydrogen) atoms. The molecule has 0 aliphatic rings. The standard InChI is InChI=1S/C15H16N4O3S/c1-11-2-8-14(9-3-11)23(20,21)22-13-6-4-12(5-7-13)10-18-19-15(16)17/h2-10H,1H3,(H4,16,17,19)/p+1/b18-10-. The second-order valence-corrected chi connectivity index (χ2v) is 6.28. The minimum atomic E-state index is -3.85. The van der Waals surface area contributed by atoms with Crippen molar-refractivity contribution >= 4 is 22.3 Å². The van der Waals surface area contributed by atoms with Crippen LogP contribution in [0, 0.1) is 6.92 Å². The van der Waals surface area contributed by atoms with E-state index in [1.807, 2.05) is 6.92 Å². The SMILES string of the molecule is Cc1ccc(S(=O)(=O)Oc2ccc(/C=[NH+]\N=C(N)N)cc2)cc1. The Hall–Kier alpha value is -2.87. The van der Waals surface area contributed by atoms with Crippen molar-refractivity contribution in [2.75, 3.05) is 0 Å². The summed E-state index contributed by atoms with van der Waals surface area (Å²) in [7, 11) is -3.85. The van der Waals surface area contributed by atoms with Gasteiger partial charge in [0.25, 0.3) is 5.96 Å². The lowest BCUT2D eigenvalue weighted by molar-refractivity contribution is -0.456. The van der Waals surface area contributed by atoms with E-state index in [0.29, 0.717) is 0 Å². The van der Waals surface area contributed by atoms with Gasteiger partial charge in [0.15, 0.2) is 0 Å². The molecule has 0 heterocycles. The number of benzene rings is 2. The zero-order valence-electron chi connectivity index (χ0n) is 12.4. The van der Waals surface area contributed by atoms with Crippen LogP contribution in [0.5, 0.6) is 5.75 Å². The van der Waals surface area contributed by atoms with Crippen molar-refractivity contribution in [3.63, 3.8) is 0 Å². The van der Waals surface area contributed by atoms with Crippen molar-refractivity contribution in [1.29, 1.82) is 0 Å². The number of aryl methyl sites for hydroxylation is 1. The van der Waals surface area contributed by atoms with Crippen molar-refractivity contribution in [2.24, 2.45) is 16.6 Å². The second kappa shape index (κ2) is 6.93. The van der Waals surface area contributed by atoms with Gasteiger partial charge in [0.05, 0.1) is 0 Å². The molecule has 0 aliphatic heterocycles. The monoisotopic (exact) mass is 333 g/mol. The molecule has 0 saturated carbocycles. The third kappa shape index (κ3) is 4.82. The number of hydrazone groups is 1. The first-order valence-corrected chi connectivity index (χ1v) is 8.06. The smallest absolute Gasteiger partial charge is 0.339 e. The number of nitrogens with two attached hydrogens (primary N) is 2. The minimum Gasteiger partial charge on any atom is -0.379 e. The van der Waals surface area contributed by atoms with E-state index in [0.717, 1.165) is 11.1 Å². The molecule has 0 atom stereocenters. The van der Waals surface area contributed by atoms with E-state index in [2.05, 4.69) is 10.2 Å². The van der Waals surface area contributed by atoms with Gasteiger partial charge in [-0.25, -0.2) is 0 Å². The number of hydrogen-bond donors (Lipinski definition) is 3. The Morgan fingerprint density at radius 1 is 1.09 bits per heavy atom. The maximum absolute atomic E-state index is 12.2. The minimum absolute atomic E-state index is 0.0922. The van der Waals surface area contributed by atoms with Crippen LogP contribution < -0.4 is 20.8 Å². The van der Waals surface area contributed by atoms with Gasteiger partial charge in [-0.3, -0.25) is 0 Å². The van der Waals surface area contributed by atoms with Crippen LogP contribution in [0.1, 0.15) is 11.1 Å². The normalized spacial score (nSPS) is 11.3. The van der Waals surface area contributed by atoms with Crippen LogP contribution in [0.3, 0.4) is 0 Å². The van der Waals surface area contributed by atoms with Gasteiger partial charge in [-0.2, -0.15) is 8.42 Å². The molecule has 120 valence electrons. The molecule has 0 bridgehead atoms. The van der Waals surface area contributed by atoms with Gasteiger partial charge in [-0.1, -0.05) is 17.7 Å². The molecule has 2 aromatic carbocycles. The third-order valence-corrected chi connectivity index (χ3v) is 4.08. The van der Waals surface area contributed by atoms with E-state index in [-0.39, 0.29) is 16.6 Å². The Morgan fingerprint density at radius 3 is 2.26 bits per heavy atom. The predicted molar refractivity (Wildman–Crippen MR) is 87.4 cm³/mol. The molecule has 2 aromatic rings. The average Bonchev–Trinajstić information content (AvgIpc) is 2.49. The summed E-state index contributed by atoms with van der Waals surface area (Å²) in [5.74, 6) is 0.120. The summed E-state index contributed by atoms with van der Waals surface area (Å²) in [6.45, 7) is 1.88. The topological polar surface area (TPSA) is 122 Å². The fraction of sp³-hybridized carbons (Fsp3) is 0.0667. The molecule has 0 spiro atoms. The van der Waals surface area contributed by atoms with Crippen LogP contribution in [0.4, 0.5) is 0 Å². The van der Waals surface area contributed by atoms with Crippen LogP contribution in [-0.4, -0.2) is 20.6 Å². The predicted octanol–water partition coefficient (Wildman–Crippen LogP) is -0.549. The molecular formula is C15H17N4O3S+. The van der Waals surface area contributed by atoms with E-state index in [1.54, 1.807) is 30.5 Å². The van der Waals surface area contributed by atoms with E-state index in [1.165, 1.54) is 24.3 Å². The Kier molecular flexibility index (Phi) is 4.97. The maximum atomic E-state index is 12.2. The lowest BCUT2D eigenvalue weighted by atomic mass is 10.2. The van der Waals surface area contributed by atoms with Crippen molar-refractivity contribution in [1.82, 2.24) is 0 Å². The number of nitrogens with one attached hydrogen (secondary N) is 1. The van der Waals surface area contributed by atoms with Crippen LogP contribution in [0.15, 0.2) is 58.5 Å². The molecule has 0 fully saturated rings. The van der Waals surface area contributed by atoms with Crippen molar-refractivity contribution in [2.45, 2.75) is 11.8 Å². The highest BCUT2D eigenvalue weighted by atomic mass is 32.2. The maximum Gasteiger partial charge on any atom is 0.339 e. The summed E-state index contributed by atoms with van der Waals surface area (Å²) in [6, 6.07) is 12.8. The molecule has 5 N–H and O–H groups in total. The Bertz CT molecular complexity index is 822. The third-order valence-electron chi connectivity index (χ3n) is 2.82. The molecule has 0 aliphatic carbocycles. The van der Waals surface area contributed by atoms with Crippen LogP contribution in [0.2, 0.25) is 0 Å². The molecule has 0 aromatic heterocycles. The lowest BCUT2D eigenvalue weighted by Gasteiger charge is -2.07. The molecule has 7 nitrogen and oxygen atoms in total. The molecule has 0 saturated heterocycles. The molecule has 2 rings (SSSR count). The van der Waals surface area contributed by atoms with Crippen LogP contribution in [0.25, 0.3) is 0 Å². The summed E-state index contributed by atoms with van der Waals surface area (Å²) < 4.78 is 29.4. The van der Waals surface area contributed by atoms with Crippen LogP contribution >= 0.6 is 0 Å². The molecule has 0 amide bonds. The number of guanidine groups is 1. The Morgan fingerprint density at radius 2 is 1.70 bits per heavy atom. The highest BCUT2D eigenvalue weighted by Gasteiger charge is 2.16. The van der Waals surface area contributed by atoms with Gasteiger partial charge >= 0.3 is 10.1 Å². The first-order chi connectivity index (χ1) is 10.9. The van der Waals surface area contributed by atoms with Gasteiger partial charge < -0.3 is 15.7 Å². The average molecular weight is 333 g/mol.